The van der Waals surface area contributed by atoms with Crippen LogP contribution in [0.1, 0.15) is 0 Å². The van der Waals surface area contributed by atoms with Gasteiger partial charge in [-0.3, -0.25) is 0 Å². The lowest BCUT2D eigenvalue weighted by Gasteiger charge is -2.26. The molecule has 54 heavy (non-hydrogen) atoms. The zero-order valence-electron chi connectivity index (χ0n) is 29.6. The lowest BCUT2D eigenvalue weighted by molar-refractivity contribution is 0.669. The highest BCUT2D eigenvalue weighted by Crippen LogP contribution is 2.40. The van der Waals surface area contributed by atoms with Crippen molar-refractivity contribution in [1.29, 1.82) is 0 Å². The first-order valence-corrected chi connectivity index (χ1v) is 18.4. The van der Waals surface area contributed by atoms with Crippen molar-refractivity contribution in [2.24, 2.45) is 0 Å². The maximum Gasteiger partial charge on any atom is 0.135 e. The summed E-state index contributed by atoms with van der Waals surface area (Å²) in [4.78, 5) is 2.33. The van der Waals surface area contributed by atoms with Crippen molar-refractivity contribution in [3.8, 4) is 44.5 Å². The van der Waals surface area contributed by atoms with Crippen LogP contribution in [0.25, 0.3) is 77.2 Å². The molecule has 1 aromatic heterocycles. The summed E-state index contributed by atoms with van der Waals surface area (Å²) in [7, 11) is 0. The molecule has 0 amide bonds. The van der Waals surface area contributed by atoms with E-state index in [0.29, 0.717) is 0 Å². The number of rotatable bonds is 7. The van der Waals surface area contributed by atoms with Crippen molar-refractivity contribution in [1.82, 2.24) is 0 Å². The van der Waals surface area contributed by atoms with Gasteiger partial charge >= 0.3 is 0 Å². The van der Waals surface area contributed by atoms with Crippen LogP contribution in [0, 0.1) is 0 Å². The van der Waals surface area contributed by atoms with Gasteiger partial charge in [-0.2, -0.15) is 0 Å². The monoisotopic (exact) mass is 689 g/mol. The van der Waals surface area contributed by atoms with Crippen LogP contribution < -0.4 is 4.90 Å². The molecular weight excluding hydrogens is 655 g/mol. The van der Waals surface area contributed by atoms with Gasteiger partial charge in [-0.25, -0.2) is 0 Å². The first-order valence-electron chi connectivity index (χ1n) is 18.4. The fourth-order valence-corrected chi connectivity index (χ4v) is 7.66. The van der Waals surface area contributed by atoms with Crippen molar-refractivity contribution >= 4 is 49.8 Å². The number of hydrogen-bond donors (Lipinski definition) is 0. The Labute approximate surface area is 314 Å². The molecule has 9 aromatic carbocycles. The fourth-order valence-electron chi connectivity index (χ4n) is 7.66. The number of hydrogen-bond acceptors (Lipinski definition) is 2. The highest BCUT2D eigenvalue weighted by molar-refractivity contribution is 6.06. The summed E-state index contributed by atoms with van der Waals surface area (Å²) >= 11 is 0. The molecule has 0 aliphatic heterocycles. The number of benzene rings is 9. The zero-order chi connectivity index (χ0) is 35.8. The first kappa shape index (κ1) is 31.6. The quantitative estimate of drug-likeness (QED) is 0.166. The van der Waals surface area contributed by atoms with Gasteiger partial charge in [-0.15, -0.1) is 0 Å². The van der Waals surface area contributed by atoms with E-state index >= 15 is 0 Å². The number of nitrogens with zero attached hydrogens (tertiary/aromatic N) is 1. The molecule has 0 unspecified atom stereocenters. The lowest BCUT2D eigenvalue weighted by Crippen LogP contribution is -2.09. The number of fused-ring (bicyclic) bond motifs is 4. The summed E-state index contributed by atoms with van der Waals surface area (Å²) in [5, 5.41) is 4.73. The van der Waals surface area contributed by atoms with E-state index in [1.165, 1.54) is 55.3 Å². The van der Waals surface area contributed by atoms with Crippen LogP contribution in [0.2, 0.25) is 0 Å². The van der Waals surface area contributed by atoms with E-state index in [9.17, 15) is 0 Å². The highest BCUT2D eigenvalue weighted by atomic mass is 16.3. The smallest absolute Gasteiger partial charge is 0.135 e. The van der Waals surface area contributed by atoms with Crippen LogP contribution in [0.5, 0.6) is 0 Å². The molecule has 0 aliphatic rings. The second kappa shape index (κ2) is 13.4. The molecule has 0 radical (unpaired) electrons. The fraction of sp³-hybridized carbons (Fsp3) is 0. The number of para-hydroxylation sites is 1. The predicted molar refractivity (Wildman–Crippen MR) is 228 cm³/mol. The Morgan fingerprint density at radius 1 is 0.259 bits per heavy atom. The van der Waals surface area contributed by atoms with Gasteiger partial charge in [-0.1, -0.05) is 146 Å². The summed E-state index contributed by atoms with van der Waals surface area (Å²) in [5.74, 6) is 0. The van der Waals surface area contributed by atoms with E-state index in [1.807, 2.05) is 12.1 Å². The molecule has 10 aromatic rings. The molecule has 1 heterocycles. The maximum absolute atomic E-state index is 6.20. The minimum atomic E-state index is 0.886. The van der Waals surface area contributed by atoms with E-state index in [1.54, 1.807) is 0 Å². The molecule has 2 heteroatoms. The molecule has 2 nitrogen and oxygen atoms in total. The molecule has 0 N–H and O–H groups in total. The average molecular weight is 690 g/mol. The minimum Gasteiger partial charge on any atom is -0.456 e. The summed E-state index contributed by atoms with van der Waals surface area (Å²) in [6, 6.07) is 76.0. The van der Waals surface area contributed by atoms with Gasteiger partial charge in [0.15, 0.2) is 0 Å². The molecule has 10 rings (SSSR count). The Morgan fingerprint density at radius 2 is 0.722 bits per heavy atom. The van der Waals surface area contributed by atoms with Crippen LogP contribution >= 0.6 is 0 Å². The Balaban J connectivity index is 1.00. The van der Waals surface area contributed by atoms with E-state index in [-0.39, 0.29) is 0 Å². The molecule has 0 spiro atoms. The normalized spacial score (nSPS) is 11.3. The second-order valence-corrected chi connectivity index (χ2v) is 13.8. The standard InChI is InChI=1S/C52H35NO/c1-2-10-36(11-3-1)38-22-26-46(27-23-38)53(48-30-31-52-50(35-48)49-18-6-7-19-51(49)54-52)47-28-24-39(25-29-47)41-14-8-15-42(32-41)43-16-9-17-44(34-43)45-21-20-37-12-4-5-13-40(37)33-45/h1-35H. The SMILES string of the molecule is c1ccc(-c2ccc(N(c3ccc(-c4cccc(-c5cccc(-c6ccc7ccccc7c6)c5)c4)cc3)c3ccc4oc5ccccc5c4c3)cc2)cc1. The lowest BCUT2D eigenvalue weighted by atomic mass is 9.95. The summed E-state index contributed by atoms with van der Waals surface area (Å²) < 4.78 is 6.20. The summed E-state index contributed by atoms with van der Waals surface area (Å²) in [6.45, 7) is 0. The molecule has 0 fully saturated rings. The van der Waals surface area contributed by atoms with E-state index in [4.69, 9.17) is 4.42 Å². The molecule has 0 aliphatic carbocycles. The van der Waals surface area contributed by atoms with Gasteiger partial charge < -0.3 is 9.32 Å². The summed E-state index contributed by atoms with van der Waals surface area (Å²) in [5.41, 5.74) is 14.6. The Hall–Kier alpha value is -7.16. The van der Waals surface area contributed by atoms with Gasteiger partial charge in [0.05, 0.1) is 0 Å². The number of furan rings is 1. The molecule has 254 valence electrons. The Morgan fingerprint density at radius 3 is 1.41 bits per heavy atom. The van der Waals surface area contributed by atoms with Gasteiger partial charge in [0.25, 0.3) is 0 Å². The largest absolute Gasteiger partial charge is 0.456 e. The molecule has 0 atom stereocenters. The number of anilines is 3. The average Bonchev–Trinajstić information content (AvgIpc) is 3.63. The van der Waals surface area contributed by atoms with Gasteiger partial charge in [0, 0.05) is 27.8 Å². The van der Waals surface area contributed by atoms with Crippen LogP contribution in [0.4, 0.5) is 17.1 Å². The third-order valence-corrected chi connectivity index (χ3v) is 10.5. The Bertz CT molecular complexity index is 2920. The summed E-state index contributed by atoms with van der Waals surface area (Å²) in [6.07, 6.45) is 0. The topological polar surface area (TPSA) is 16.4 Å². The predicted octanol–water partition coefficient (Wildman–Crippen LogP) is 14.9. The third kappa shape index (κ3) is 5.90. The van der Waals surface area contributed by atoms with Crippen molar-refractivity contribution < 1.29 is 4.42 Å². The molecule has 0 saturated carbocycles. The third-order valence-electron chi connectivity index (χ3n) is 10.5. The van der Waals surface area contributed by atoms with Crippen molar-refractivity contribution in [2.75, 3.05) is 4.90 Å². The van der Waals surface area contributed by atoms with Crippen LogP contribution in [-0.4, -0.2) is 0 Å². The first-order chi connectivity index (χ1) is 26.7. The van der Waals surface area contributed by atoms with Gasteiger partial charge in [0.2, 0.25) is 0 Å². The van der Waals surface area contributed by atoms with E-state index in [0.717, 1.165) is 39.0 Å². The van der Waals surface area contributed by atoms with Crippen molar-refractivity contribution in [2.45, 2.75) is 0 Å². The van der Waals surface area contributed by atoms with Crippen molar-refractivity contribution in [3.05, 3.63) is 212 Å². The minimum absolute atomic E-state index is 0.886. The maximum atomic E-state index is 6.20. The van der Waals surface area contributed by atoms with E-state index in [2.05, 4.69) is 205 Å². The zero-order valence-corrected chi connectivity index (χ0v) is 29.6. The highest BCUT2D eigenvalue weighted by Gasteiger charge is 2.16. The molecular formula is C52H35NO. The van der Waals surface area contributed by atoms with Crippen LogP contribution in [0.3, 0.4) is 0 Å². The molecule has 0 bridgehead atoms. The van der Waals surface area contributed by atoms with Gasteiger partial charge in [0.1, 0.15) is 11.2 Å². The Kier molecular flexibility index (Phi) is 7.85. The molecule has 0 saturated heterocycles. The van der Waals surface area contributed by atoms with E-state index < -0.39 is 0 Å². The second-order valence-electron chi connectivity index (χ2n) is 13.8. The van der Waals surface area contributed by atoms with Crippen molar-refractivity contribution in [3.63, 3.8) is 0 Å². The van der Waals surface area contributed by atoms with Crippen LogP contribution in [-0.2, 0) is 0 Å². The van der Waals surface area contributed by atoms with Gasteiger partial charge in [-0.05, 0) is 122 Å². The van der Waals surface area contributed by atoms with Crippen LogP contribution in [0.15, 0.2) is 217 Å².